The van der Waals surface area contributed by atoms with Gasteiger partial charge in [-0.05, 0) is 48.4 Å². The summed E-state index contributed by atoms with van der Waals surface area (Å²) < 4.78 is 52.7. The summed E-state index contributed by atoms with van der Waals surface area (Å²) in [5, 5.41) is 8.99. The van der Waals surface area contributed by atoms with Crippen LogP contribution in [-0.2, 0) is 13.2 Å². The third-order valence-corrected chi connectivity index (χ3v) is 4.21. The summed E-state index contributed by atoms with van der Waals surface area (Å²) in [6.07, 6.45) is 0. The second-order valence-electron chi connectivity index (χ2n) is 6.07. The molecule has 0 aromatic heterocycles. The Morgan fingerprint density at radius 3 is 2.25 bits per heavy atom. The van der Waals surface area contributed by atoms with Crippen LogP contribution in [0.3, 0.4) is 0 Å². The number of rotatable bonds is 7. The fourth-order valence-corrected chi connectivity index (χ4v) is 2.73. The zero-order valence-electron chi connectivity index (χ0n) is 15.2. The van der Waals surface area contributed by atoms with E-state index in [0.717, 1.165) is 0 Å². The van der Waals surface area contributed by atoms with Gasteiger partial charge in [-0.25, -0.2) is 8.78 Å². The SMILES string of the molecule is CCOc1ccc(-c2ccc(OCc3ccc(CO)c(F)c3)cc2)c(F)c1F. The van der Waals surface area contributed by atoms with Crippen molar-refractivity contribution in [3.8, 4) is 22.6 Å². The van der Waals surface area contributed by atoms with Gasteiger partial charge in [0.15, 0.2) is 11.6 Å². The molecule has 0 saturated heterocycles. The molecule has 3 aromatic rings. The molecule has 0 bridgehead atoms. The van der Waals surface area contributed by atoms with E-state index < -0.39 is 17.5 Å². The minimum absolute atomic E-state index is 0.120. The minimum atomic E-state index is -1.02. The molecule has 0 atom stereocenters. The molecule has 6 heteroatoms. The number of hydrogen-bond acceptors (Lipinski definition) is 3. The van der Waals surface area contributed by atoms with Gasteiger partial charge < -0.3 is 14.6 Å². The molecule has 0 saturated carbocycles. The van der Waals surface area contributed by atoms with E-state index in [1.807, 2.05) is 0 Å². The highest BCUT2D eigenvalue weighted by atomic mass is 19.2. The molecule has 0 aliphatic heterocycles. The highest BCUT2D eigenvalue weighted by Gasteiger charge is 2.15. The van der Waals surface area contributed by atoms with Crippen LogP contribution in [0.2, 0.25) is 0 Å². The van der Waals surface area contributed by atoms with Crippen LogP contribution in [0.5, 0.6) is 11.5 Å². The highest BCUT2D eigenvalue weighted by molar-refractivity contribution is 5.66. The Bertz CT molecular complexity index is 956. The van der Waals surface area contributed by atoms with E-state index in [-0.39, 0.29) is 36.7 Å². The lowest BCUT2D eigenvalue weighted by Gasteiger charge is -2.11. The van der Waals surface area contributed by atoms with Crippen LogP contribution in [0.4, 0.5) is 13.2 Å². The van der Waals surface area contributed by atoms with E-state index in [4.69, 9.17) is 14.6 Å². The summed E-state index contributed by atoms with van der Waals surface area (Å²) in [7, 11) is 0. The predicted octanol–water partition coefficient (Wildman–Crippen LogP) is 5.24. The molecule has 28 heavy (non-hydrogen) atoms. The van der Waals surface area contributed by atoms with Gasteiger partial charge in [-0.2, -0.15) is 4.39 Å². The summed E-state index contributed by atoms with van der Waals surface area (Å²) in [6, 6.07) is 13.8. The van der Waals surface area contributed by atoms with Gasteiger partial charge in [-0.1, -0.05) is 24.3 Å². The van der Waals surface area contributed by atoms with E-state index in [1.54, 1.807) is 37.3 Å². The van der Waals surface area contributed by atoms with Gasteiger partial charge in [-0.15, -0.1) is 0 Å². The Hall–Kier alpha value is -2.99. The molecule has 0 radical (unpaired) electrons. The lowest BCUT2D eigenvalue weighted by Crippen LogP contribution is -1.99. The Morgan fingerprint density at radius 2 is 1.61 bits per heavy atom. The van der Waals surface area contributed by atoms with Gasteiger partial charge in [0.2, 0.25) is 5.82 Å². The first kappa shape index (κ1) is 19.8. The molecule has 146 valence electrons. The molecule has 1 N–H and O–H groups in total. The maximum absolute atomic E-state index is 14.3. The quantitative estimate of drug-likeness (QED) is 0.602. The first-order valence-electron chi connectivity index (χ1n) is 8.75. The van der Waals surface area contributed by atoms with Crippen LogP contribution in [0.15, 0.2) is 54.6 Å². The zero-order chi connectivity index (χ0) is 20.1. The standard InChI is InChI=1S/C22H19F3O3/c1-2-27-20-10-9-18(21(24)22(20)25)15-5-7-17(8-6-15)28-13-14-3-4-16(12-26)19(23)11-14/h3-11,26H,2,12-13H2,1H3. The lowest BCUT2D eigenvalue weighted by molar-refractivity contribution is 0.275. The van der Waals surface area contributed by atoms with Crippen molar-refractivity contribution in [1.82, 2.24) is 0 Å². The lowest BCUT2D eigenvalue weighted by atomic mass is 10.0. The van der Waals surface area contributed by atoms with Crippen LogP contribution >= 0.6 is 0 Å². The number of ether oxygens (including phenoxy) is 2. The minimum Gasteiger partial charge on any atom is -0.491 e. The summed E-state index contributed by atoms with van der Waals surface area (Å²) >= 11 is 0. The smallest absolute Gasteiger partial charge is 0.201 e. The fraction of sp³-hybridized carbons (Fsp3) is 0.182. The van der Waals surface area contributed by atoms with Crippen molar-refractivity contribution >= 4 is 0 Å². The molecule has 0 aliphatic carbocycles. The van der Waals surface area contributed by atoms with Gasteiger partial charge in [-0.3, -0.25) is 0 Å². The van der Waals surface area contributed by atoms with E-state index in [9.17, 15) is 13.2 Å². The average molecular weight is 388 g/mol. The van der Waals surface area contributed by atoms with Crippen molar-refractivity contribution in [2.24, 2.45) is 0 Å². The van der Waals surface area contributed by atoms with Crippen molar-refractivity contribution < 1.29 is 27.8 Å². The van der Waals surface area contributed by atoms with Crippen molar-refractivity contribution in [3.05, 3.63) is 83.2 Å². The number of benzene rings is 3. The zero-order valence-corrected chi connectivity index (χ0v) is 15.2. The first-order valence-corrected chi connectivity index (χ1v) is 8.75. The van der Waals surface area contributed by atoms with E-state index in [2.05, 4.69) is 0 Å². The van der Waals surface area contributed by atoms with E-state index in [1.165, 1.54) is 24.3 Å². The van der Waals surface area contributed by atoms with E-state index >= 15 is 0 Å². The van der Waals surface area contributed by atoms with Crippen LogP contribution in [0, 0.1) is 17.5 Å². The molecule has 3 nitrogen and oxygen atoms in total. The summed E-state index contributed by atoms with van der Waals surface area (Å²) in [5.41, 5.74) is 1.44. The third-order valence-electron chi connectivity index (χ3n) is 4.21. The number of halogens is 3. The maximum Gasteiger partial charge on any atom is 0.201 e. The van der Waals surface area contributed by atoms with Gasteiger partial charge in [0.25, 0.3) is 0 Å². The summed E-state index contributed by atoms with van der Waals surface area (Å²) in [5.74, 6) is -2.11. The molecule has 0 amide bonds. The normalized spacial score (nSPS) is 10.8. The first-order chi connectivity index (χ1) is 13.5. The molecule has 0 aliphatic rings. The second kappa shape index (κ2) is 8.80. The van der Waals surface area contributed by atoms with Crippen molar-refractivity contribution in [2.75, 3.05) is 6.61 Å². The van der Waals surface area contributed by atoms with Gasteiger partial charge in [0, 0.05) is 11.1 Å². The maximum atomic E-state index is 14.3. The van der Waals surface area contributed by atoms with Crippen molar-refractivity contribution in [3.63, 3.8) is 0 Å². The van der Waals surface area contributed by atoms with Crippen LogP contribution in [0.1, 0.15) is 18.1 Å². The monoisotopic (exact) mass is 388 g/mol. The number of aliphatic hydroxyl groups excluding tert-OH is 1. The Morgan fingerprint density at radius 1 is 0.857 bits per heavy atom. The Kier molecular flexibility index (Phi) is 6.21. The predicted molar refractivity (Wildman–Crippen MR) is 99.6 cm³/mol. The van der Waals surface area contributed by atoms with Crippen LogP contribution < -0.4 is 9.47 Å². The van der Waals surface area contributed by atoms with Crippen LogP contribution in [-0.4, -0.2) is 11.7 Å². The number of hydrogen-bond donors (Lipinski definition) is 1. The molecule has 0 spiro atoms. The summed E-state index contributed by atoms with van der Waals surface area (Å²) in [6.45, 7) is 1.71. The van der Waals surface area contributed by atoms with Gasteiger partial charge in [0.05, 0.1) is 13.2 Å². The highest BCUT2D eigenvalue weighted by Crippen LogP contribution is 2.31. The Balaban J connectivity index is 1.72. The van der Waals surface area contributed by atoms with Crippen LogP contribution in [0.25, 0.3) is 11.1 Å². The molecule has 3 rings (SSSR count). The van der Waals surface area contributed by atoms with Crippen molar-refractivity contribution in [1.29, 1.82) is 0 Å². The average Bonchev–Trinajstić information content (AvgIpc) is 2.71. The molecule has 0 fully saturated rings. The summed E-state index contributed by atoms with van der Waals surface area (Å²) in [4.78, 5) is 0. The molecule has 0 unspecified atom stereocenters. The topological polar surface area (TPSA) is 38.7 Å². The van der Waals surface area contributed by atoms with E-state index in [0.29, 0.717) is 16.9 Å². The molecule has 3 aromatic carbocycles. The molecular formula is C22H19F3O3. The van der Waals surface area contributed by atoms with Crippen molar-refractivity contribution in [2.45, 2.75) is 20.1 Å². The van der Waals surface area contributed by atoms with Gasteiger partial charge >= 0.3 is 0 Å². The molecule has 0 heterocycles. The largest absolute Gasteiger partial charge is 0.491 e. The third kappa shape index (κ3) is 4.28. The fourth-order valence-electron chi connectivity index (χ4n) is 2.73. The molecular weight excluding hydrogens is 369 g/mol. The Labute approximate surface area is 161 Å². The number of aliphatic hydroxyl groups is 1. The second-order valence-corrected chi connectivity index (χ2v) is 6.07. The van der Waals surface area contributed by atoms with Gasteiger partial charge in [0.1, 0.15) is 18.2 Å².